The Morgan fingerprint density at radius 1 is 1.50 bits per heavy atom. The average Bonchev–Trinajstić information content (AvgIpc) is 2.00. The van der Waals surface area contributed by atoms with E-state index in [-0.39, 0.29) is 12.1 Å². The van der Waals surface area contributed by atoms with Crippen molar-refractivity contribution >= 4 is 5.97 Å². The largest absolute Gasteiger partial charge is 0.498 e. The van der Waals surface area contributed by atoms with Crippen LogP contribution in [0.2, 0.25) is 0 Å². The summed E-state index contributed by atoms with van der Waals surface area (Å²) in [5.74, 6) is -0.350. The predicted octanol–water partition coefficient (Wildman–Crippen LogP) is 1.88. The van der Waals surface area contributed by atoms with Crippen LogP contribution < -0.4 is 0 Å². The van der Waals surface area contributed by atoms with Crippen LogP contribution in [-0.4, -0.2) is 18.7 Å². The van der Waals surface area contributed by atoms with Crippen molar-refractivity contribution in [2.24, 2.45) is 0 Å². The number of esters is 1. The quantitative estimate of drug-likeness (QED) is 0.361. The fraction of sp³-hybridized carbons (Fsp3) is 0.667. The molecule has 0 rings (SSSR count). The fourth-order valence-electron chi connectivity index (χ4n) is 0.503. The molecule has 0 radical (unpaired) electrons. The van der Waals surface area contributed by atoms with E-state index in [4.69, 9.17) is 9.47 Å². The SMILES string of the molecule is CCCOC(=O)C=COC(C)C. The summed E-state index contributed by atoms with van der Waals surface area (Å²) >= 11 is 0. The van der Waals surface area contributed by atoms with Gasteiger partial charge in [0.05, 0.1) is 25.0 Å². The monoisotopic (exact) mass is 172 g/mol. The van der Waals surface area contributed by atoms with Crippen molar-refractivity contribution in [2.45, 2.75) is 33.3 Å². The molecule has 0 atom stereocenters. The molecule has 0 aromatic carbocycles. The van der Waals surface area contributed by atoms with Gasteiger partial charge in [-0.15, -0.1) is 0 Å². The van der Waals surface area contributed by atoms with Gasteiger partial charge in [-0.05, 0) is 20.3 Å². The molecule has 0 aliphatic carbocycles. The molecule has 0 aromatic rings. The highest BCUT2D eigenvalue weighted by molar-refractivity contribution is 5.81. The zero-order valence-electron chi connectivity index (χ0n) is 7.87. The van der Waals surface area contributed by atoms with E-state index >= 15 is 0 Å². The maximum atomic E-state index is 10.8. The lowest BCUT2D eigenvalue weighted by atomic mass is 10.5. The summed E-state index contributed by atoms with van der Waals surface area (Å²) in [6, 6.07) is 0. The minimum atomic E-state index is -0.350. The number of carbonyl (C=O) groups is 1. The topological polar surface area (TPSA) is 35.5 Å². The molecule has 70 valence electrons. The summed E-state index contributed by atoms with van der Waals surface area (Å²) < 4.78 is 9.78. The molecule has 0 aromatic heterocycles. The zero-order valence-corrected chi connectivity index (χ0v) is 7.87. The summed E-state index contributed by atoms with van der Waals surface area (Å²) in [5.41, 5.74) is 0. The summed E-state index contributed by atoms with van der Waals surface area (Å²) in [5, 5.41) is 0. The van der Waals surface area contributed by atoms with Crippen molar-refractivity contribution in [2.75, 3.05) is 6.61 Å². The van der Waals surface area contributed by atoms with Crippen LogP contribution in [0.5, 0.6) is 0 Å². The van der Waals surface area contributed by atoms with Crippen molar-refractivity contribution in [1.29, 1.82) is 0 Å². The maximum absolute atomic E-state index is 10.8. The minimum Gasteiger partial charge on any atom is -0.498 e. The van der Waals surface area contributed by atoms with E-state index in [9.17, 15) is 4.79 Å². The summed E-state index contributed by atoms with van der Waals surface area (Å²) in [7, 11) is 0. The normalized spacial score (nSPS) is 10.7. The van der Waals surface area contributed by atoms with Gasteiger partial charge in [-0.2, -0.15) is 0 Å². The Morgan fingerprint density at radius 3 is 2.67 bits per heavy atom. The molecule has 12 heavy (non-hydrogen) atoms. The third kappa shape index (κ3) is 7.12. The first-order valence-electron chi connectivity index (χ1n) is 4.15. The van der Waals surface area contributed by atoms with Crippen LogP contribution in [0.25, 0.3) is 0 Å². The zero-order chi connectivity index (χ0) is 9.40. The molecular formula is C9H16O3. The minimum absolute atomic E-state index is 0.0974. The molecule has 0 bridgehead atoms. The molecule has 3 nitrogen and oxygen atoms in total. The highest BCUT2D eigenvalue weighted by Crippen LogP contribution is 1.90. The Morgan fingerprint density at radius 2 is 2.17 bits per heavy atom. The molecule has 0 fully saturated rings. The summed E-state index contributed by atoms with van der Waals surface area (Å²) in [4.78, 5) is 10.8. The van der Waals surface area contributed by atoms with Crippen LogP contribution in [0, 0.1) is 0 Å². The van der Waals surface area contributed by atoms with Gasteiger partial charge in [-0.3, -0.25) is 0 Å². The van der Waals surface area contributed by atoms with Crippen molar-refractivity contribution in [1.82, 2.24) is 0 Å². The molecule has 0 N–H and O–H groups in total. The van der Waals surface area contributed by atoms with Crippen LogP contribution >= 0.6 is 0 Å². The molecule has 0 unspecified atom stereocenters. The van der Waals surface area contributed by atoms with Gasteiger partial charge in [0.2, 0.25) is 0 Å². The van der Waals surface area contributed by atoms with E-state index in [0.717, 1.165) is 6.42 Å². The van der Waals surface area contributed by atoms with Crippen LogP contribution in [0.3, 0.4) is 0 Å². The van der Waals surface area contributed by atoms with E-state index in [2.05, 4.69) is 0 Å². The molecule has 0 saturated heterocycles. The number of rotatable bonds is 5. The predicted molar refractivity (Wildman–Crippen MR) is 46.6 cm³/mol. The summed E-state index contributed by atoms with van der Waals surface area (Å²) in [6.07, 6.45) is 3.59. The smallest absolute Gasteiger partial charge is 0.333 e. The van der Waals surface area contributed by atoms with Gasteiger partial charge in [-0.1, -0.05) is 6.92 Å². The first kappa shape index (κ1) is 11.0. The molecule has 0 saturated carbocycles. The van der Waals surface area contributed by atoms with E-state index in [1.807, 2.05) is 20.8 Å². The Labute approximate surface area is 73.4 Å². The van der Waals surface area contributed by atoms with Gasteiger partial charge in [0.25, 0.3) is 0 Å². The Bertz CT molecular complexity index is 150. The van der Waals surface area contributed by atoms with E-state index in [0.29, 0.717) is 6.61 Å². The van der Waals surface area contributed by atoms with Crippen LogP contribution in [0.4, 0.5) is 0 Å². The van der Waals surface area contributed by atoms with E-state index < -0.39 is 0 Å². The number of hydrogen-bond acceptors (Lipinski definition) is 3. The Balaban J connectivity index is 3.47. The van der Waals surface area contributed by atoms with Gasteiger partial charge in [0, 0.05) is 0 Å². The van der Waals surface area contributed by atoms with E-state index in [1.165, 1.54) is 12.3 Å². The maximum Gasteiger partial charge on any atom is 0.333 e. The van der Waals surface area contributed by atoms with Gasteiger partial charge in [-0.25, -0.2) is 4.79 Å². The van der Waals surface area contributed by atoms with Crippen LogP contribution in [-0.2, 0) is 14.3 Å². The second-order valence-corrected chi connectivity index (χ2v) is 2.66. The lowest BCUT2D eigenvalue weighted by Gasteiger charge is -2.02. The molecular weight excluding hydrogens is 156 g/mol. The second kappa shape index (κ2) is 6.70. The van der Waals surface area contributed by atoms with Gasteiger partial charge >= 0.3 is 5.97 Å². The van der Waals surface area contributed by atoms with Gasteiger partial charge in [0.1, 0.15) is 0 Å². The van der Waals surface area contributed by atoms with Crippen LogP contribution in [0.15, 0.2) is 12.3 Å². The highest BCUT2D eigenvalue weighted by Gasteiger charge is 1.94. The molecule has 3 heteroatoms. The molecule has 0 aliphatic rings. The summed E-state index contributed by atoms with van der Waals surface area (Å²) in [6.45, 7) is 6.19. The highest BCUT2D eigenvalue weighted by atomic mass is 16.5. The van der Waals surface area contributed by atoms with Crippen molar-refractivity contribution in [3.63, 3.8) is 0 Å². The fourth-order valence-corrected chi connectivity index (χ4v) is 0.503. The van der Waals surface area contributed by atoms with Crippen molar-refractivity contribution in [3.8, 4) is 0 Å². The Kier molecular flexibility index (Phi) is 6.15. The molecule has 0 spiro atoms. The molecule has 0 amide bonds. The third-order valence-electron chi connectivity index (χ3n) is 1.00. The van der Waals surface area contributed by atoms with Crippen molar-refractivity contribution in [3.05, 3.63) is 12.3 Å². The first-order chi connectivity index (χ1) is 5.66. The second-order valence-electron chi connectivity index (χ2n) is 2.66. The van der Waals surface area contributed by atoms with Gasteiger partial charge in [0.15, 0.2) is 0 Å². The van der Waals surface area contributed by atoms with Crippen LogP contribution in [0.1, 0.15) is 27.2 Å². The molecule has 0 aliphatic heterocycles. The molecule has 0 heterocycles. The lowest BCUT2D eigenvalue weighted by Crippen LogP contribution is -2.02. The number of hydrogen-bond donors (Lipinski definition) is 0. The van der Waals surface area contributed by atoms with Gasteiger partial charge < -0.3 is 9.47 Å². The first-order valence-corrected chi connectivity index (χ1v) is 4.15. The number of carbonyl (C=O) groups excluding carboxylic acids is 1. The standard InChI is InChI=1S/C9H16O3/c1-4-6-12-9(10)5-7-11-8(2)3/h5,7-8H,4,6H2,1-3H3. The number of ether oxygens (including phenoxy) is 2. The average molecular weight is 172 g/mol. The van der Waals surface area contributed by atoms with Crippen molar-refractivity contribution < 1.29 is 14.3 Å². The lowest BCUT2D eigenvalue weighted by molar-refractivity contribution is -0.137. The third-order valence-corrected chi connectivity index (χ3v) is 1.00. The van der Waals surface area contributed by atoms with E-state index in [1.54, 1.807) is 0 Å². The Hall–Kier alpha value is -0.990.